The monoisotopic (exact) mass is 196 g/mol. The second-order valence-electron chi connectivity index (χ2n) is 3.36. The first-order chi connectivity index (χ1) is 5.81. The third-order valence-corrected chi connectivity index (χ3v) is 1.69. The quantitative estimate of drug-likeness (QED) is 0.381. The van der Waals surface area contributed by atoms with Crippen LogP contribution in [0.4, 0.5) is 8.78 Å². The van der Waals surface area contributed by atoms with Gasteiger partial charge in [0.05, 0.1) is 5.41 Å². The summed E-state index contributed by atoms with van der Waals surface area (Å²) in [6.07, 6.45) is -2.97. The van der Waals surface area contributed by atoms with Crippen molar-refractivity contribution in [2.75, 3.05) is 6.54 Å². The molecule has 0 amide bonds. The number of rotatable bonds is 5. The molecular weight excluding hydrogens is 186 g/mol. The molecule has 7 heteroatoms. The number of halogens is 2. The van der Waals surface area contributed by atoms with Crippen LogP contribution in [0, 0.1) is 20.4 Å². The highest BCUT2D eigenvalue weighted by Crippen LogP contribution is 2.28. The van der Waals surface area contributed by atoms with Gasteiger partial charge in [-0.1, -0.05) is 19.0 Å². The third-order valence-electron chi connectivity index (χ3n) is 1.69. The van der Waals surface area contributed by atoms with E-state index in [0.29, 0.717) is 0 Å². The van der Waals surface area contributed by atoms with E-state index in [1.807, 2.05) is 0 Å². The van der Waals surface area contributed by atoms with E-state index in [9.17, 15) is 23.8 Å². The number of nitro groups is 1. The average Bonchev–Trinajstić information content (AvgIpc) is 1.82. The summed E-state index contributed by atoms with van der Waals surface area (Å²) >= 11 is 0. The molecule has 13 heavy (non-hydrogen) atoms. The Kier molecular flexibility index (Phi) is 3.83. The first-order valence-electron chi connectivity index (χ1n) is 3.53. The van der Waals surface area contributed by atoms with Gasteiger partial charge in [0.1, 0.15) is 0 Å². The van der Waals surface area contributed by atoms with Crippen LogP contribution < -0.4 is 0 Å². The Morgan fingerprint density at radius 2 is 2.00 bits per heavy atom. The lowest BCUT2D eigenvalue weighted by molar-refractivity contribution is -0.497. The zero-order chi connectivity index (χ0) is 10.6. The summed E-state index contributed by atoms with van der Waals surface area (Å²) in [5, 5.41) is 12.3. The third kappa shape index (κ3) is 3.39. The van der Waals surface area contributed by atoms with Crippen molar-refractivity contribution in [1.82, 2.24) is 0 Å². The highest BCUT2D eigenvalue weighted by molar-refractivity contribution is 4.85. The molecule has 0 aromatic heterocycles. The first-order valence-corrected chi connectivity index (χ1v) is 3.53. The van der Waals surface area contributed by atoms with E-state index < -0.39 is 29.4 Å². The molecule has 0 saturated heterocycles. The van der Waals surface area contributed by atoms with Crippen molar-refractivity contribution in [1.29, 1.82) is 0 Å². The van der Waals surface area contributed by atoms with Gasteiger partial charge in [0.15, 0.2) is 6.04 Å². The molecule has 0 aliphatic rings. The molecule has 0 heterocycles. The number of hydrogen-bond donors (Lipinski definition) is 0. The Bertz CT molecular complexity index is 208. The molecule has 0 rings (SSSR count). The summed E-state index contributed by atoms with van der Waals surface area (Å²) in [5.74, 6) is 0. The van der Waals surface area contributed by atoms with Crippen molar-refractivity contribution >= 4 is 0 Å². The summed E-state index contributed by atoms with van der Waals surface area (Å²) in [6.45, 7) is 1.73. The fraction of sp³-hybridized carbons (Fsp3) is 1.00. The standard InChI is InChI=1S/C6H10F2N2O3/c1-6(2,3-10(12)13)4(9-11)5(7)8/h4-5H,3H2,1-2H3. The van der Waals surface area contributed by atoms with E-state index in [0.717, 1.165) is 0 Å². The predicted molar refractivity (Wildman–Crippen MR) is 41.2 cm³/mol. The van der Waals surface area contributed by atoms with Gasteiger partial charge in [0.2, 0.25) is 6.54 Å². The van der Waals surface area contributed by atoms with Crippen LogP contribution in [-0.2, 0) is 0 Å². The largest absolute Gasteiger partial charge is 0.265 e. The molecule has 0 radical (unpaired) electrons. The van der Waals surface area contributed by atoms with E-state index in [1.54, 1.807) is 0 Å². The summed E-state index contributed by atoms with van der Waals surface area (Å²) in [6, 6.07) is -1.84. The van der Waals surface area contributed by atoms with Gasteiger partial charge in [0, 0.05) is 4.92 Å². The Labute approximate surface area is 73.2 Å². The van der Waals surface area contributed by atoms with Crippen LogP contribution in [0.2, 0.25) is 0 Å². The Morgan fingerprint density at radius 3 is 2.23 bits per heavy atom. The zero-order valence-corrected chi connectivity index (χ0v) is 7.24. The van der Waals surface area contributed by atoms with Gasteiger partial charge >= 0.3 is 0 Å². The van der Waals surface area contributed by atoms with Gasteiger partial charge < -0.3 is 0 Å². The molecule has 0 aliphatic heterocycles. The summed E-state index contributed by atoms with van der Waals surface area (Å²) in [7, 11) is 0. The number of nitrogens with zero attached hydrogens (tertiary/aromatic N) is 2. The fourth-order valence-electron chi connectivity index (χ4n) is 0.956. The van der Waals surface area contributed by atoms with Crippen LogP contribution in [0.3, 0.4) is 0 Å². The van der Waals surface area contributed by atoms with Crippen molar-refractivity contribution in [3.8, 4) is 0 Å². The minimum Gasteiger partial charge on any atom is -0.265 e. The van der Waals surface area contributed by atoms with Gasteiger partial charge in [0.25, 0.3) is 6.43 Å². The minimum atomic E-state index is -2.97. The fourth-order valence-corrected chi connectivity index (χ4v) is 0.956. The zero-order valence-electron chi connectivity index (χ0n) is 7.24. The van der Waals surface area contributed by atoms with Gasteiger partial charge in [-0.05, 0) is 0 Å². The lowest BCUT2D eigenvalue weighted by Crippen LogP contribution is -2.39. The van der Waals surface area contributed by atoms with Gasteiger partial charge in [-0.3, -0.25) is 10.1 Å². The highest BCUT2D eigenvalue weighted by atomic mass is 19.3. The average molecular weight is 196 g/mol. The summed E-state index contributed by atoms with van der Waals surface area (Å²) in [4.78, 5) is 19.4. The summed E-state index contributed by atoms with van der Waals surface area (Å²) < 4.78 is 24.3. The molecule has 1 atom stereocenters. The van der Waals surface area contributed by atoms with Crippen molar-refractivity contribution in [3.05, 3.63) is 15.0 Å². The van der Waals surface area contributed by atoms with Crippen LogP contribution in [0.25, 0.3) is 0 Å². The molecule has 0 aliphatic carbocycles. The maximum absolute atomic E-state index is 12.1. The van der Waals surface area contributed by atoms with E-state index in [1.165, 1.54) is 13.8 Å². The Balaban J connectivity index is 4.56. The number of nitroso groups, excluding NO2 is 1. The molecular formula is C6H10F2N2O3. The second-order valence-corrected chi connectivity index (χ2v) is 3.36. The lowest BCUT2D eigenvalue weighted by atomic mass is 9.85. The van der Waals surface area contributed by atoms with Crippen LogP contribution in [-0.4, -0.2) is 23.9 Å². The number of alkyl halides is 2. The van der Waals surface area contributed by atoms with E-state index >= 15 is 0 Å². The Morgan fingerprint density at radius 1 is 1.54 bits per heavy atom. The molecule has 0 bridgehead atoms. The Hall–Kier alpha value is -1.14. The highest BCUT2D eigenvalue weighted by Gasteiger charge is 2.41. The van der Waals surface area contributed by atoms with Crippen molar-refractivity contribution in [3.63, 3.8) is 0 Å². The second kappa shape index (κ2) is 4.20. The van der Waals surface area contributed by atoms with Crippen LogP contribution >= 0.6 is 0 Å². The maximum atomic E-state index is 12.1. The number of hydrogen-bond acceptors (Lipinski definition) is 4. The summed E-state index contributed by atoms with van der Waals surface area (Å²) in [5.41, 5.74) is -1.42. The lowest BCUT2D eigenvalue weighted by Gasteiger charge is -2.23. The molecule has 0 aromatic carbocycles. The van der Waals surface area contributed by atoms with Crippen molar-refractivity contribution in [2.24, 2.45) is 10.6 Å². The van der Waals surface area contributed by atoms with Gasteiger partial charge in [-0.15, -0.1) is 0 Å². The van der Waals surface area contributed by atoms with Crippen molar-refractivity contribution in [2.45, 2.75) is 26.3 Å². The van der Waals surface area contributed by atoms with Crippen LogP contribution in [0.1, 0.15) is 13.8 Å². The molecule has 1 unspecified atom stereocenters. The molecule has 0 aromatic rings. The van der Waals surface area contributed by atoms with Crippen molar-refractivity contribution < 1.29 is 13.7 Å². The first kappa shape index (κ1) is 11.9. The smallest absolute Gasteiger partial charge is 0.264 e. The normalized spacial score (nSPS) is 14.2. The molecule has 0 spiro atoms. The molecule has 0 fully saturated rings. The van der Waals surface area contributed by atoms with E-state index in [2.05, 4.69) is 5.18 Å². The van der Waals surface area contributed by atoms with Gasteiger partial charge in [-0.2, -0.15) is 4.91 Å². The molecule has 0 N–H and O–H groups in total. The molecule has 5 nitrogen and oxygen atoms in total. The van der Waals surface area contributed by atoms with Crippen LogP contribution in [0.15, 0.2) is 5.18 Å². The topological polar surface area (TPSA) is 72.6 Å². The van der Waals surface area contributed by atoms with E-state index in [4.69, 9.17) is 0 Å². The minimum absolute atomic E-state index is 0.701. The predicted octanol–water partition coefficient (Wildman–Crippen LogP) is 1.69. The van der Waals surface area contributed by atoms with Crippen LogP contribution in [0.5, 0.6) is 0 Å². The van der Waals surface area contributed by atoms with E-state index in [-0.39, 0.29) is 0 Å². The molecule has 76 valence electrons. The molecule has 0 saturated carbocycles. The SMILES string of the molecule is CC(C)(C[N+](=O)[O-])C(N=O)C(F)F. The van der Waals surface area contributed by atoms with Gasteiger partial charge in [-0.25, -0.2) is 8.78 Å². The maximum Gasteiger partial charge on any atom is 0.264 e.